The third-order valence-electron chi connectivity index (χ3n) is 9.52. The molecular weight excluding hydrogens is 615 g/mol. The molecule has 0 spiro atoms. The molecule has 0 atom stereocenters. The van der Waals surface area contributed by atoms with Crippen LogP contribution in [0, 0.1) is 0 Å². The highest BCUT2D eigenvalue weighted by molar-refractivity contribution is 7.25. The summed E-state index contributed by atoms with van der Waals surface area (Å²) in [6.07, 6.45) is 5.81. The maximum Gasteiger partial charge on any atom is 0.0964 e. The van der Waals surface area contributed by atoms with E-state index in [0.717, 1.165) is 66.1 Å². The van der Waals surface area contributed by atoms with E-state index in [1.54, 1.807) is 0 Å². The van der Waals surface area contributed by atoms with Crippen LogP contribution < -0.4 is 0 Å². The average molecular weight is 642 g/mol. The molecule has 0 aliphatic heterocycles. The highest BCUT2D eigenvalue weighted by atomic mass is 32.1. The summed E-state index contributed by atoms with van der Waals surface area (Å²) in [5, 5.41) is 5.91. The van der Waals surface area contributed by atoms with Crippen molar-refractivity contribution >= 4 is 64.2 Å². The zero-order valence-electron chi connectivity index (χ0n) is 26.3. The third kappa shape index (κ3) is 4.76. The van der Waals surface area contributed by atoms with E-state index in [2.05, 4.69) is 138 Å². The standard InChI is InChI=1S/C45H27N3S/c1-3-14-40-31(8-1)21-37(26-47-40)34-23-33(24-35(25-34)38-13-6-16-42-43(38)39-12-2-4-15-41(39)49-42)29-9-5-10-30(20-29)36-22-32-18-17-28-11-7-19-46-44(28)45(32)48-27-36/h1-27H. The molecule has 0 unspecified atom stereocenters. The highest BCUT2D eigenvalue weighted by Gasteiger charge is 2.15. The highest BCUT2D eigenvalue weighted by Crippen LogP contribution is 2.42. The Kier molecular flexibility index (Phi) is 6.36. The van der Waals surface area contributed by atoms with Crippen LogP contribution >= 0.6 is 11.3 Å². The predicted molar refractivity (Wildman–Crippen MR) is 207 cm³/mol. The van der Waals surface area contributed by atoms with E-state index in [1.165, 1.54) is 31.3 Å². The molecule has 0 radical (unpaired) electrons. The van der Waals surface area contributed by atoms with Crippen LogP contribution in [-0.4, -0.2) is 15.0 Å². The largest absolute Gasteiger partial charge is 0.256 e. The maximum absolute atomic E-state index is 4.90. The molecule has 228 valence electrons. The van der Waals surface area contributed by atoms with E-state index < -0.39 is 0 Å². The predicted octanol–water partition coefficient (Wildman–Crippen LogP) is 12.4. The quantitative estimate of drug-likeness (QED) is 0.180. The number of fused-ring (bicyclic) bond motifs is 7. The first-order valence-corrected chi connectivity index (χ1v) is 17.2. The van der Waals surface area contributed by atoms with Gasteiger partial charge >= 0.3 is 0 Å². The Balaban J connectivity index is 1.16. The molecule has 0 aliphatic rings. The Bertz CT molecular complexity index is 2900. The zero-order chi connectivity index (χ0) is 32.3. The SMILES string of the molecule is c1cc(-c2cc(-c3cnc4ccccc4c3)cc(-c3cccc4sc5ccccc5c34)c2)cc(-c2cnc3c(ccc4cccnc43)c2)c1. The summed E-state index contributed by atoms with van der Waals surface area (Å²) in [7, 11) is 0. The minimum atomic E-state index is 0.925. The van der Waals surface area contributed by atoms with Crippen LogP contribution in [0.1, 0.15) is 0 Å². The van der Waals surface area contributed by atoms with Gasteiger partial charge in [-0.2, -0.15) is 0 Å². The molecule has 0 amide bonds. The molecule has 0 saturated carbocycles. The van der Waals surface area contributed by atoms with Crippen LogP contribution in [0.2, 0.25) is 0 Å². The number of pyridine rings is 3. The Labute approximate surface area is 286 Å². The van der Waals surface area contributed by atoms with Crippen LogP contribution in [0.5, 0.6) is 0 Å². The van der Waals surface area contributed by atoms with Crippen LogP contribution in [0.25, 0.3) is 97.4 Å². The Morgan fingerprint density at radius 3 is 2.00 bits per heavy atom. The summed E-state index contributed by atoms with van der Waals surface area (Å²) in [6.45, 7) is 0. The van der Waals surface area contributed by atoms with Gasteiger partial charge in [-0.1, -0.05) is 84.9 Å². The first-order chi connectivity index (χ1) is 24.2. The summed E-state index contributed by atoms with van der Waals surface area (Å²) in [6, 6.07) is 52.3. The summed E-state index contributed by atoms with van der Waals surface area (Å²) in [5.41, 5.74) is 12.0. The van der Waals surface area contributed by atoms with E-state index in [-0.39, 0.29) is 0 Å². The Hall–Kier alpha value is -6.23. The zero-order valence-corrected chi connectivity index (χ0v) is 27.2. The molecule has 0 aliphatic carbocycles. The fraction of sp³-hybridized carbons (Fsp3) is 0. The van der Waals surface area contributed by atoms with Crippen molar-refractivity contribution in [2.75, 3.05) is 0 Å². The number of thiophene rings is 1. The number of hydrogen-bond acceptors (Lipinski definition) is 4. The molecule has 0 N–H and O–H groups in total. The molecule has 6 aromatic carbocycles. The first kappa shape index (κ1) is 27.8. The molecular formula is C45H27N3S. The van der Waals surface area contributed by atoms with Crippen molar-refractivity contribution in [1.29, 1.82) is 0 Å². The van der Waals surface area contributed by atoms with E-state index >= 15 is 0 Å². The van der Waals surface area contributed by atoms with Gasteiger partial charge in [0.25, 0.3) is 0 Å². The number of aromatic nitrogens is 3. The molecule has 0 bridgehead atoms. The number of hydrogen-bond donors (Lipinski definition) is 0. The maximum atomic E-state index is 4.90. The molecule has 0 fully saturated rings. The van der Waals surface area contributed by atoms with Gasteiger partial charge in [0.1, 0.15) is 0 Å². The summed E-state index contributed by atoms with van der Waals surface area (Å²) >= 11 is 1.85. The second-order valence-corrected chi connectivity index (χ2v) is 13.6. The van der Waals surface area contributed by atoms with Crippen molar-refractivity contribution in [1.82, 2.24) is 15.0 Å². The molecule has 0 saturated heterocycles. The molecule has 10 rings (SSSR count). The lowest BCUT2D eigenvalue weighted by atomic mass is 9.91. The minimum absolute atomic E-state index is 0.925. The second kappa shape index (κ2) is 11.2. The molecule has 3 nitrogen and oxygen atoms in total. The topological polar surface area (TPSA) is 38.7 Å². The van der Waals surface area contributed by atoms with Crippen molar-refractivity contribution in [3.8, 4) is 44.5 Å². The second-order valence-electron chi connectivity index (χ2n) is 12.5. The normalized spacial score (nSPS) is 11.7. The van der Waals surface area contributed by atoms with Gasteiger partial charge < -0.3 is 0 Å². The van der Waals surface area contributed by atoms with Gasteiger partial charge in [-0.15, -0.1) is 11.3 Å². The molecule has 10 aromatic rings. The Morgan fingerprint density at radius 1 is 0.388 bits per heavy atom. The smallest absolute Gasteiger partial charge is 0.0964 e. The lowest BCUT2D eigenvalue weighted by Crippen LogP contribution is -1.89. The van der Waals surface area contributed by atoms with Crippen LogP contribution in [0.3, 0.4) is 0 Å². The summed E-state index contributed by atoms with van der Waals surface area (Å²) in [4.78, 5) is 14.3. The van der Waals surface area contributed by atoms with Gasteiger partial charge in [0.05, 0.1) is 16.6 Å². The van der Waals surface area contributed by atoms with E-state index in [0.29, 0.717) is 0 Å². The lowest BCUT2D eigenvalue weighted by molar-refractivity contribution is 1.37. The van der Waals surface area contributed by atoms with Gasteiger partial charge in [-0.05, 0) is 94.0 Å². The van der Waals surface area contributed by atoms with Crippen LogP contribution in [0.4, 0.5) is 0 Å². The summed E-state index contributed by atoms with van der Waals surface area (Å²) < 4.78 is 2.60. The van der Waals surface area contributed by atoms with E-state index in [1.807, 2.05) is 42.1 Å². The molecule has 4 aromatic heterocycles. The Morgan fingerprint density at radius 2 is 1.04 bits per heavy atom. The van der Waals surface area contributed by atoms with Gasteiger partial charge in [0.2, 0.25) is 0 Å². The van der Waals surface area contributed by atoms with Gasteiger partial charge in [0, 0.05) is 66.0 Å². The van der Waals surface area contributed by atoms with Gasteiger partial charge in [-0.3, -0.25) is 15.0 Å². The fourth-order valence-electron chi connectivity index (χ4n) is 7.13. The monoisotopic (exact) mass is 641 g/mol. The number of benzene rings is 6. The lowest BCUT2D eigenvalue weighted by Gasteiger charge is -2.14. The number of nitrogens with zero attached hydrogens (tertiary/aromatic N) is 3. The first-order valence-electron chi connectivity index (χ1n) is 16.4. The van der Waals surface area contributed by atoms with Crippen molar-refractivity contribution in [3.05, 3.63) is 164 Å². The van der Waals surface area contributed by atoms with Crippen LogP contribution in [0.15, 0.2) is 164 Å². The number of rotatable bonds is 4. The van der Waals surface area contributed by atoms with Crippen molar-refractivity contribution in [2.45, 2.75) is 0 Å². The third-order valence-corrected chi connectivity index (χ3v) is 10.7. The van der Waals surface area contributed by atoms with Gasteiger partial charge in [-0.25, -0.2) is 0 Å². The van der Waals surface area contributed by atoms with E-state index in [4.69, 9.17) is 9.97 Å². The molecule has 49 heavy (non-hydrogen) atoms. The molecule has 4 heteroatoms. The average Bonchev–Trinajstić information content (AvgIpc) is 3.56. The fourth-order valence-corrected chi connectivity index (χ4v) is 8.27. The van der Waals surface area contributed by atoms with Crippen molar-refractivity contribution in [2.24, 2.45) is 0 Å². The summed E-state index contributed by atoms with van der Waals surface area (Å²) in [5.74, 6) is 0. The number of para-hydroxylation sites is 1. The van der Waals surface area contributed by atoms with Crippen molar-refractivity contribution in [3.63, 3.8) is 0 Å². The van der Waals surface area contributed by atoms with Crippen molar-refractivity contribution < 1.29 is 0 Å². The van der Waals surface area contributed by atoms with Gasteiger partial charge in [0.15, 0.2) is 0 Å². The van der Waals surface area contributed by atoms with Crippen LogP contribution in [-0.2, 0) is 0 Å². The minimum Gasteiger partial charge on any atom is -0.256 e. The molecule has 4 heterocycles. The van der Waals surface area contributed by atoms with E-state index in [9.17, 15) is 0 Å².